The number of aromatic nitrogens is 3. The van der Waals surface area contributed by atoms with E-state index in [1.54, 1.807) is 19.1 Å². The van der Waals surface area contributed by atoms with Gasteiger partial charge < -0.3 is 35.1 Å². The summed E-state index contributed by atoms with van der Waals surface area (Å²) in [4.78, 5) is 14.5. The van der Waals surface area contributed by atoms with Crippen molar-refractivity contribution in [2.24, 2.45) is 5.92 Å². The first-order valence-corrected chi connectivity index (χ1v) is 21.6. The van der Waals surface area contributed by atoms with E-state index >= 15 is 0 Å². The van der Waals surface area contributed by atoms with Gasteiger partial charge in [0, 0.05) is 12.5 Å². The third-order valence-corrected chi connectivity index (χ3v) is 11.2. The zero-order valence-corrected chi connectivity index (χ0v) is 33.3. The number of nitrogens with two attached hydrogens (primary N) is 1. The molecule has 5 N–H and O–H groups in total. The van der Waals surface area contributed by atoms with Crippen molar-refractivity contribution in [3.63, 3.8) is 0 Å². The SMILES string of the molecule is CCCCCCCCCCCCCCCCCCOCC(COc1ccccc1)COP(=O)(O)OC[C@H]1O[C@@](C)(c2ccc3c(N)ncnn23)[C@H](O)[C@@H]1O. The summed E-state index contributed by atoms with van der Waals surface area (Å²) < 4.78 is 43.0. The van der Waals surface area contributed by atoms with Crippen molar-refractivity contribution >= 4 is 19.2 Å². The van der Waals surface area contributed by atoms with Crippen LogP contribution < -0.4 is 10.5 Å². The fourth-order valence-corrected chi connectivity index (χ4v) is 7.75. The quantitative estimate of drug-likeness (QED) is 0.0398. The van der Waals surface area contributed by atoms with Gasteiger partial charge in [-0.3, -0.25) is 9.05 Å². The van der Waals surface area contributed by atoms with Crippen LogP contribution in [0.5, 0.6) is 5.75 Å². The van der Waals surface area contributed by atoms with Crippen LogP contribution >= 0.6 is 7.82 Å². The summed E-state index contributed by atoms with van der Waals surface area (Å²) in [5, 5.41) is 26.0. The number of hydrogen-bond acceptors (Lipinski definition) is 11. The standard InChI is InChI=1S/C40H65N4O9P/c1-3-4-5-6-7-8-9-10-11-12-13-14-15-16-17-21-26-49-27-32(28-50-33-22-19-18-20-23-33)29-51-54(47,48)52-30-35-37(45)38(46)40(2,53-35)36-25-24-34-39(41)42-31-43-44(34)36/h18-20,22-25,31-32,35,37-38,45-46H,3-17,21,26-30H2,1-2H3,(H,47,48)(H2,41,42,43)/t32?,35-,37-,38-,40+/m1/s1. The number of benzene rings is 1. The molecule has 0 aliphatic carbocycles. The summed E-state index contributed by atoms with van der Waals surface area (Å²) >= 11 is 0. The molecule has 0 amide bonds. The number of anilines is 1. The molecule has 0 spiro atoms. The van der Waals surface area contributed by atoms with Gasteiger partial charge in [0.2, 0.25) is 0 Å². The fourth-order valence-electron chi connectivity index (χ4n) is 6.94. The number of rotatable bonds is 29. The molecule has 2 unspecified atom stereocenters. The lowest BCUT2D eigenvalue weighted by Gasteiger charge is -2.27. The first-order valence-electron chi connectivity index (χ1n) is 20.1. The normalized spacial score (nSPS) is 21.8. The Balaban J connectivity index is 1.13. The second kappa shape index (κ2) is 23.5. The maximum absolute atomic E-state index is 13.0. The number of ether oxygens (including phenoxy) is 3. The summed E-state index contributed by atoms with van der Waals surface area (Å²) in [5.41, 5.74) is 5.45. The maximum Gasteiger partial charge on any atom is 0.472 e. The fraction of sp³-hybridized carbons (Fsp3) is 0.700. The van der Waals surface area contributed by atoms with Gasteiger partial charge in [0.25, 0.3) is 0 Å². The van der Waals surface area contributed by atoms with Gasteiger partial charge in [0.05, 0.1) is 32.1 Å². The molecule has 3 heterocycles. The largest absolute Gasteiger partial charge is 0.493 e. The third-order valence-electron chi connectivity index (χ3n) is 10.3. The lowest BCUT2D eigenvalue weighted by atomic mass is 9.93. The number of nitrogen functional groups attached to an aromatic ring is 1. The van der Waals surface area contributed by atoms with E-state index in [1.807, 2.05) is 30.3 Å². The van der Waals surface area contributed by atoms with Gasteiger partial charge in [-0.25, -0.2) is 14.1 Å². The molecule has 1 aliphatic heterocycles. The molecule has 1 aromatic carbocycles. The van der Waals surface area contributed by atoms with Crippen LogP contribution in [0.2, 0.25) is 0 Å². The van der Waals surface area contributed by atoms with Crippen LogP contribution in [0.1, 0.15) is 122 Å². The molecule has 6 atom stereocenters. The van der Waals surface area contributed by atoms with Crippen molar-refractivity contribution < 1.29 is 42.9 Å². The summed E-state index contributed by atoms with van der Waals surface area (Å²) in [6, 6.07) is 12.7. The summed E-state index contributed by atoms with van der Waals surface area (Å²) in [6.45, 7) is 4.25. The van der Waals surface area contributed by atoms with Crippen LogP contribution in [0, 0.1) is 5.92 Å². The first-order chi connectivity index (χ1) is 26.1. The predicted molar refractivity (Wildman–Crippen MR) is 209 cm³/mol. The second-order valence-electron chi connectivity index (χ2n) is 14.8. The highest BCUT2D eigenvalue weighted by Gasteiger charge is 2.54. The monoisotopic (exact) mass is 776 g/mol. The molecule has 54 heavy (non-hydrogen) atoms. The molecule has 13 nitrogen and oxygen atoms in total. The van der Waals surface area contributed by atoms with Crippen LogP contribution in [0.3, 0.4) is 0 Å². The van der Waals surface area contributed by atoms with Crippen molar-refractivity contribution in [2.45, 2.75) is 140 Å². The summed E-state index contributed by atoms with van der Waals surface area (Å²) in [5.74, 6) is 0.553. The zero-order chi connectivity index (χ0) is 38.7. The van der Waals surface area contributed by atoms with Crippen LogP contribution in [-0.2, 0) is 28.7 Å². The van der Waals surface area contributed by atoms with Crippen LogP contribution in [-0.4, -0.2) is 81.1 Å². The molecular weight excluding hydrogens is 711 g/mol. The molecule has 1 aliphatic rings. The van der Waals surface area contributed by atoms with E-state index in [0.717, 1.165) is 12.8 Å². The molecule has 3 aromatic rings. The molecule has 2 aromatic heterocycles. The summed E-state index contributed by atoms with van der Waals surface area (Å²) in [6.07, 6.45) is 18.2. The number of phosphoric acid groups is 1. The van der Waals surface area contributed by atoms with Gasteiger partial charge in [-0.2, -0.15) is 5.10 Å². The van der Waals surface area contributed by atoms with Crippen molar-refractivity contribution in [1.82, 2.24) is 14.6 Å². The van der Waals surface area contributed by atoms with E-state index in [2.05, 4.69) is 17.0 Å². The van der Waals surface area contributed by atoms with Gasteiger partial charge in [-0.05, 0) is 37.6 Å². The number of hydrogen-bond donors (Lipinski definition) is 4. The van der Waals surface area contributed by atoms with E-state index in [0.29, 0.717) is 23.6 Å². The average molecular weight is 777 g/mol. The minimum absolute atomic E-state index is 0.161. The highest BCUT2D eigenvalue weighted by atomic mass is 31.2. The van der Waals surface area contributed by atoms with Gasteiger partial charge in [-0.15, -0.1) is 0 Å². The molecule has 1 saturated heterocycles. The Bertz CT molecular complexity index is 1520. The van der Waals surface area contributed by atoms with E-state index in [9.17, 15) is 19.7 Å². The second-order valence-corrected chi connectivity index (χ2v) is 16.2. The van der Waals surface area contributed by atoms with Crippen molar-refractivity contribution in [1.29, 1.82) is 0 Å². The van der Waals surface area contributed by atoms with Gasteiger partial charge in [0.15, 0.2) is 5.82 Å². The van der Waals surface area contributed by atoms with Gasteiger partial charge >= 0.3 is 7.82 Å². The summed E-state index contributed by atoms with van der Waals surface area (Å²) in [7, 11) is -4.59. The topological polar surface area (TPSA) is 180 Å². The molecule has 0 saturated carbocycles. The molecule has 4 rings (SSSR count). The molecular formula is C40H65N4O9P. The molecule has 304 valence electrons. The van der Waals surface area contributed by atoms with Crippen molar-refractivity contribution in [3.8, 4) is 5.75 Å². The lowest BCUT2D eigenvalue weighted by Crippen LogP contribution is -2.39. The smallest absolute Gasteiger partial charge is 0.472 e. The van der Waals surface area contributed by atoms with Crippen LogP contribution in [0.15, 0.2) is 48.8 Å². The van der Waals surface area contributed by atoms with Crippen LogP contribution in [0.4, 0.5) is 5.82 Å². The number of para-hydroxylation sites is 1. The Morgan fingerprint density at radius 3 is 2.09 bits per heavy atom. The van der Waals surface area contributed by atoms with E-state index < -0.39 is 38.3 Å². The van der Waals surface area contributed by atoms with Crippen molar-refractivity contribution in [3.05, 3.63) is 54.5 Å². The Morgan fingerprint density at radius 2 is 1.46 bits per heavy atom. The number of unbranched alkanes of at least 4 members (excludes halogenated alkanes) is 15. The zero-order valence-electron chi connectivity index (χ0n) is 32.4. The van der Waals surface area contributed by atoms with Crippen LogP contribution in [0.25, 0.3) is 5.52 Å². The third kappa shape index (κ3) is 14.2. The molecule has 0 bridgehead atoms. The molecule has 1 fully saturated rings. The van der Waals surface area contributed by atoms with E-state index in [4.69, 9.17) is 29.0 Å². The lowest BCUT2D eigenvalue weighted by molar-refractivity contribution is -0.0890. The van der Waals surface area contributed by atoms with Crippen molar-refractivity contribution in [2.75, 3.05) is 38.8 Å². The minimum atomic E-state index is -4.59. The maximum atomic E-state index is 13.0. The Hall–Kier alpha value is -2.61. The molecule has 0 radical (unpaired) electrons. The van der Waals surface area contributed by atoms with E-state index in [1.165, 1.54) is 101 Å². The van der Waals surface area contributed by atoms with Gasteiger partial charge in [-0.1, -0.05) is 121 Å². The Kier molecular flexibility index (Phi) is 19.2. The Morgan fingerprint density at radius 1 is 0.852 bits per heavy atom. The highest BCUT2D eigenvalue weighted by molar-refractivity contribution is 7.47. The number of nitrogens with zero attached hydrogens (tertiary/aromatic N) is 3. The highest BCUT2D eigenvalue weighted by Crippen LogP contribution is 2.46. The molecule has 14 heteroatoms. The average Bonchev–Trinajstić information content (AvgIpc) is 3.71. The number of aliphatic hydroxyl groups excluding tert-OH is 2. The van der Waals surface area contributed by atoms with Gasteiger partial charge in [0.1, 0.15) is 41.5 Å². The number of aliphatic hydroxyl groups is 2. The Labute approximate surface area is 321 Å². The first kappa shape index (κ1) is 44.1. The minimum Gasteiger partial charge on any atom is -0.493 e. The van der Waals surface area contributed by atoms with E-state index in [-0.39, 0.29) is 31.6 Å². The predicted octanol–water partition coefficient (Wildman–Crippen LogP) is 7.75. The number of fused-ring (bicyclic) bond motifs is 1. The number of phosphoric ester groups is 1.